The van der Waals surface area contributed by atoms with E-state index in [0.29, 0.717) is 18.0 Å². The van der Waals surface area contributed by atoms with Gasteiger partial charge < -0.3 is 19.7 Å². The molecule has 0 spiro atoms. The molecule has 1 amide bonds. The van der Waals surface area contributed by atoms with Crippen molar-refractivity contribution in [3.8, 4) is 5.75 Å². The number of fused-ring (bicyclic) bond motifs is 1. The van der Waals surface area contributed by atoms with Crippen LogP contribution in [0, 0.1) is 0 Å². The molecular weight excluding hydrogens is 418 g/mol. The zero-order chi connectivity index (χ0) is 21.8. The number of anilines is 2. The number of nitrogens with zero attached hydrogens (tertiary/aromatic N) is 2. The Morgan fingerprint density at radius 3 is 2.48 bits per heavy atom. The number of carbonyl (C=O) groups excluding carboxylic acids is 1. The Morgan fingerprint density at radius 1 is 1.06 bits per heavy atom. The first kappa shape index (κ1) is 21.5. The number of morpholine rings is 1. The summed E-state index contributed by atoms with van der Waals surface area (Å²) in [6.07, 6.45) is 0.662. The number of sulfonamides is 1. The van der Waals surface area contributed by atoms with Crippen molar-refractivity contribution in [1.82, 2.24) is 5.32 Å². The van der Waals surface area contributed by atoms with E-state index in [2.05, 4.69) is 22.3 Å². The van der Waals surface area contributed by atoms with Gasteiger partial charge in [-0.3, -0.25) is 9.10 Å². The number of rotatable bonds is 5. The molecule has 2 aliphatic heterocycles. The summed E-state index contributed by atoms with van der Waals surface area (Å²) >= 11 is 0. The van der Waals surface area contributed by atoms with Gasteiger partial charge in [0, 0.05) is 38.3 Å². The van der Waals surface area contributed by atoms with Crippen molar-refractivity contribution in [3.05, 3.63) is 54.1 Å². The highest BCUT2D eigenvalue weighted by Gasteiger charge is 2.30. The summed E-state index contributed by atoms with van der Waals surface area (Å²) in [5.41, 5.74) is 2.58. The predicted octanol–water partition coefficient (Wildman–Crippen LogP) is 1.76. The van der Waals surface area contributed by atoms with Crippen LogP contribution in [-0.2, 0) is 26.1 Å². The number of hydrogen-bond donors (Lipinski definition) is 1. The Balaban J connectivity index is 1.39. The molecule has 1 N–H and O–H groups in total. The van der Waals surface area contributed by atoms with Gasteiger partial charge in [0.15, 0.2) is 6.10 Å². The number of carbonyl (C=O) groups is 1. The average molecular weight is 446 g/mol. The van der Waals surface area contributed by atoms with E-state index < -0.39 is 16.1 Å². The maximum absolute atomic E-state index is 12.8. The molecule has 31 heavy (non-hydrogen) atoms. The molecular formula is C22H27N3O5S. The SMILES string of the molecule is CS(=O)(=O)N1CC[C@@H](C(=O)NCc2ccc(N3CCOCC3)cc2)Oc2ccccc21. The first-order valence-corrected chi connectivity index (χ1v) is 12.2. The lowest BCUT2D eigenvalue weighted by Crippen LogP contribution is -2.39. The molecule has 9 heteroatoms. The molecule has 1 saturated heterocycles. The van der Waals surface area contributed by atoms with Gasteiger partial charge in [0.25, 0.3) is 5.91 Å². The van der Waals surface area contributed by atoms with Crippen LogP contribution in [0.4, 0.5) is 11.4 Å². The van der Waals surface area contributed by atoms with Gasteiger partial charge in [0.1, 0.15) is 5.75 Å². The number of amides is 1. The molecule has 2 heterocycles. The third kappa shape index (κ3) is 5.11. The van der Waals surface area contributed by atoms with Crippen LogP contribution in [0.25, 0.3) is 0 Å². The topological polar surface area (TPSA) is 88.2 Å². The zero-order valence-corrected chi connectivity index (χ0v) is 18.3. The van der Waals surface area contributed by atoms with Crippen LogP contribution in [0.2, 0.25) is 0 Å². The van der Waals surface area contributed by atoms with E-state index in [0.717, 1.165) is 43.8 Å². The minimum Gasteiger partial charge on any atom is -0.478 e. The molecule has 4 rings (SSSR count). The highest BCUT2D eigenvalue weighted by atomic mass is 32.2. The number of benzene rings is 2. The summed E-state index contributed by atoms with van der Waals surface area (Å²) in [6.45, 7) is 3.78. The lowest BCUT2D eigenvalue weighted by atomic mass is 10.1. The standard InChI is InChI=1S/C22H27N3O5S/c1-31(27,28)25-11-10-21(30-20-5-3-2-4-19(20)25)22(26)23-16-17-6-8-18(9-7-17)24-12-14-29-15-13-24/h2-9,21H,10-16H2,1H3,(H,23,26)/t21-/m0/s1. The molecule has 1 fully saturated rings. The van der Waals surface area contributed by atoms with Crippen molar-refractivity contribution in [2.45, 2.75) is 19.1 Å². The second kappa shape index (κ2) is 9.15. The van der Waals surface area contributed by atoms with Gasteiger partial charge in [-0.15, -0.1) is 0 Å². The normalized spacial score (nSPS) is 19.2. The van der Waals surface area contributed by atoms with Gasteiger partial charge in [0.2, 0.25) is 10.0 Å². The second-order valence-electron chi connectivity index (χ2n) is 7.68. The van der Waals surface area contributed by atoms with E-state index in [4.69, 9.17) is 9.47 Å². The highest BCUT2D eigenvalue weighted by Crippen LogP contribution is 2.33. The van der Waals surface area contributed by atoms with Gasteiger partial charge in [0.05, 0.1) is 25.2 Å². The van der Waals surface area contributed by atoms with Crippen LogP contribution in [0.5, 0.6) is 5.75 Å². The second-order valence-corrected chi connectivity index (χ2v) is 9.59. The molecule has 166 valence electrons. The maximum atomic E-state index is 12.8. The molecule has 2 aromatic rings. The smallest absolute Gasteiger partial charge is 0.261 e. The molecule has 0 unspecified atom stereocenters. The van der Waals surface area contributed by atoms with E-state index in [1.165, 1.54) is 4.31 Å². The lowest BCUT2D eigenvalue weighted by Gasteiger charge is -2.28. The summed E-state index contributed by atoms with van der Waals surface area (Å²) in [6, 6.07) is 15.0. The summed E-state index contributed by atoms with van der Waals surface area (Å²) in [4.78, 5) is 15.1. The number of para-hydroxylation sites is 2. The van der Waals surface area contributed by atoms with Crippen molar-refractivity contribution in [2.24, 2.45) is 0 Å². The first-order valence-electron chi connectivity index (χ1n) is 10.3. The van der Waals surface area contributed by atoms with Gasteiger partial charge in [-0.2, -0.15) is 0 Å². The van der Waals surface area contributed by atoms with Crippen LogP contribution < -0.4 is 19.3 Å². The van der Waals surface area contributed by atoms with Crippen LogP contribution in [-0.4, -0.2) is 59.5 Å². The molecule has 1 atom stereocenters. The van der Waals surface area contributed by atoms with Gasteiger partial charge in [-0.1, -0.05) is 24.3 Å². The van der Waals surface area contributed by atoms with E-state index in [1.807, 2.05) is 12.1 Å². The molecule has 0 aliphatic carbocycles. The molecule has 2 aliphatic rings. The highest BCUT2D eigenvalue weighted by molar-refractivity contribution is 7.92. The fourth-order valence-corrected chi connectivity index (χ4v) is 4.75. The Morgan fingerprint density at radius 2 is 1.77 bits per heavy atom. The van der Waals surface area contributed by atoms with Gasteiger partial charge >= 0.3 is 0 Å². The van der Waals surface area contributed by atoms with Crippen LogP contribution in [0.3, 0.4) is 0 Å². The molecule has 8 nitrogen and oxygen atoms in total. The number of hydrogen-bond acceptors (Lipinski definition) is 6. The molecule has 2 aromatic carbocycles. The van der Waals surface area contributed by atoms with Gasteiger partial charge in [-0.05, 0) is 29.8 Å². The lowest BCUT2D eigenvalue weighted by molar-refractivity contribution is -0.128. The molecule has 0 saturated carbocycles. The van der Waals surface area contributed by atoms with Crippen molar-refractivity contribution < 1.29 is 22.7 Å². The fourth-order valence-electron chi connectivity index (χ4n) is 3.81. The largest absolute Gasteiger partial charge is 0.478 e. The van der Waals surface area contributed by atoms with E-state index >= 15 is 0 Å². The first-order chi connectivity index (χ1) is 14.9. The Bertz CT molecular complexity index is 1020. The van der Waals surface area contributed by atoms with Crippen LogP contribution in [0.15, 0.2) is 48.5 Å². The fraction of sp³-hybridized carbons (Fsp3) is 0.409. The molecule has 0 aromatic heterocycles. The summed E-state index contributed by atoms with van der Waals surface area (Å²) in [7, 11) is -3.47. The summed E-state index contributed by atoms with van der Waals surface area (Å²) in [5.74, 6) is 0.128. The van der Waals surface area contributed by atoms with E-state index in [9.17, 15) is 13.2 Å². The minimum absolute atomic E-state index is 0.183. The third-order valence-corrected chi connectivity index (χ3v) is 6.65. The number of nitrogens with one attached hydrogen (secondary N) is 1. The van der Waals surface area contributed by atoms with Gasteiger partial charge in [-0.25, -0.2) is 8.42 Å². The quantitative estimate of drug-likeness (QED) is 0.755. The van der Waals surface area contributed by atoms with E-state index in [-0.39, 0.29) is 18.9 Å². The minimum atomic E-state index is -3.47. The van der Waals surface area contributed by atoms with Crippen molar-refractivity contribution in [3.63, 3.8) is 0 Å². The Hall–Kier alpha value is -2.78. The Kier molecular flexibility index (Phi) is 6.33. The molecule has 0 bridgehead atoms. The predicted molar refractivity (Wildman–Crippen MR) is 119 cm³/mol. The zero-order valence-electron chi connectivity index (χ0n) is 17.5. The summed E-state index contributed by atoms with van der Waals surface area (Å²) < 4.78 is 37.0. The van der Waals surface area contributed by atoms with Crippen LogP contribution in [0.1, 0.15) is 12.0 Å². The van der Waals surface area contributed by atoms with Crippen molar-refractivity contribution in [1.29, 1.82) is 0 Å². The van der Waals surface area contributed by atoms with Crippen molar-refractivity contribution >= 4 is 27.3 Å². The monoisotopic (exact) mass is 445 g/mol. The summed E-state index contributed by atoms with van der Waals surface area (Å²) in [5, 5.41) is 2.91. The van der Waals surface area contributed by atoms with E-state index in [1.54, 1.807) is 24.3 Å². The third-order valence-electron chi connectivity index (χ3n) is 5.47. The maximum Gasteiger partial charge on any atom is 0.261 e. The average Bonchev–Trinajstić information content (AvgIpc) is 2.98. The van der Waals surface area contributed by atoms with Crippen molar-refractivity contribution in [2.75, 3.05) is 48.3 Å². The Labute approximate surface area is 182 Å². The van der Waals surface area contributed by atoms with Crippen LogP contribution >= 0.6 is 0 Å². The number of ether oxygens (including phenoxy) is 2. The molecule has 0 radical (unpaired) electrons.